The third kappa shape index (κ3) is 1.59. The molecule has 1 aromatic carbocycles. The number of fused-ring (bicyclic) bond motifs is 1. The van der Waals surface area contributed by atoms with E-state index in [2.05, 4.69) is 0 Å². The van der Waals surface area contributed by atoms with Gasteiger partial charge < -0.3 is 14.6 Å². The van der Waals surface area contributed by atoms with Crippen LogP contribution in [0.2, 0.25) is 0 Å². The summed E-state index contributed by atoms with van der Waals surface area (Å²) < 4.78 is 5.26. The number of aliphatic hydroxyl groups is 1. The van der Waals surface area contributed by atoms with E-state index in [-0.39, 0.29) is 11.9 Å². The van der Waals surface area contributed by atoms with Gasteiger partial charge in [-0.3, -0.25) is 0 Å². The lowest BCUT2D eigenvalue weighted by Crippen LogP contribution is -2.03. The van der Waals surface area contributed by atoms with E-state index >= 15 is 0 Å². The normalized spacial score (nSPS) is 13.3. The van der Waals surface area contributed by atoms with Crippen molar-refractivity contribution in [2.45, 2.75) is 19.4 Å². The average Bonchev–Trinajstić information content (AvgIpc) is 2.47. The summed E-state index contributed by atoms with van der Waals surface area (Å²) in [6, 6.07) is 4.98. The first-order chi connectivity index (χ1) is 6.66. The monoisotopic (exact) mass is 192 g/mol. The Morgan fingerprint density at radius 3 is 2.93 bits per heavy atom. The van der Waals surface area contributed by atoms with Crippen molar-refractivity contribution in [2.75, 3.05) is 0 Å². The van der Waals surface area contributed by atoms with Gasteiger partial charge in [0.15, 0.2) is 0 Å². The molecule has 0 radical (unpaired) electrons. The molecule has 2 rings (SSSR count). The molecule has 14 heavy (non-hydrogen) atoms. The average molecular weight is 192 g/mol. The molecule has 0 aliphatic rings. The van der Waals surface area contributed by atoms with Crippen molar-refractivity contribution in [1.29, 1.82) is 0 Å². The van der Waals surface area contributed by atoms with Gasteiger partial charge in [0.05, 0.1) is 12.4 Å². The van der Waals surface area contributed by atoms with Crippen molar-refractivity contribution < 1.29 is 14.6 Å². The number of furan rings is 1. The Morgan fingerprint density at radius 1 is 1.43 bits per heavy atom. The van der Waals surface area contributed by atoms with E-state index in [1.54, 1.807) is 31.4 Å². The number of benzene rings is 1. The zero-order chi connectivity index (χ0) is 10.1. The number of phenolic OH excluding ortho intramolecular Hbond substituents is 1. The Morgan fingerprint density at radius 2 is 2.21 bits per heavy atom. The van der Waals surface area contributed by atoms with E-state index in [1.807, 2.05) is 0 Å². The van der Waals surface area contributed by atoms with Gasteiger partial charge in [-0.1, -0.05) is 0 Å². The number of phenols is 1. The summed E-state index contributed by atoms with van der Waals surface area (Å²) in [7, 11) is 0. The maximum Gasteiger partial charge on any atom is 0.137 e. The number of aliphatic hydroxyl groups excluding tert-OH is 1. The minimum absolute atomic E-state index is 0.190. The first-order valence-corrected chi connectivity index (χ1v) is 4.54. The molecular formula is C11H12O3. The second-order valence-electron chi connectivity index (χ2n) is 3.49. The summed E-state index contributed by atoms with van der Waals surface area (Å²) in [6.45, 7) is 1.74. The zero-order valence-corrected chi connectivity index (χ0v) is 7.90. The maximum absolute atomic E-state index is 9.25. The number of hydrogen-bond acceptors (Lipinski definition) is 3. The van der Waals surface area contributed by atoms with Crippen molar-refractivity contribution in [3.05, 3.63) is 30.0 Å². The lowest BCUT2D eigenvalue weighted by atomic mass is 10.1. The van der Waals surface area contributed by atoms with E-state index in [0.29, 0.717) is 12.0 Å². The molecule has 0 saturated carbocycles. The van der Waals surface area contributed by atoms with Crippen molar-refractivity contribution >= 4 is 11.0 Å². The highest BCUT2D eigenvalue weighted by atomic mass is 16.3. The van der Waals surface area contributed by atoms with Crippen LogP contribution < -0.4 is 0 Å². The molecule has 0 saturated heterocycles. The first-order valence-electron chi connectivity index (χ1n) is 4.54. The van der Waals surface area contributed by atoms with E-state index < -0.39 is 0 Å². The molecule has 0 aliphatic heterocycles. The van der Waals surface area contributed by atoms with Gasteiger partial charge in [-0.25, -0.2) is 0 Å². The summed E-state index contributed by atoms with van der Waals surface area (Å²) in [5, 5.41) is 19.4. The molecule has 0 amide bonds. The Labute approximate surface area is 81.6 Å². The number of rotatable bonds is 2. The summed E-state index contributed by atoms with van der Waals surface area (Å²) in [6.07, 6.45) is 1.80. The summed E-state index contributed by atoms with van der Waals surface area (Å²) in [5.74, 6) is 0.190. The van der Waals surface area contributed by atoms with Gasteiger partial charge in [-0.05, 0) is 19.1 Å². The second-order valence-corrected chi connectivity index (χ2v) is 3.49. The SMILES string of the molecule is CC(O)Cc1coc2cc(O)ccc12. The van der Waals surface area contributed by atoms with Crippen LogP contribution in [0.4, 0.5) is 0 Å². The molecule has 1 aromatic heterocycles. The van der Waals surface area contributed by atoms with Crippen LogP contribution in [0.5, 0.6) is 5.75 Å². The highest BCUT2D eigenvalue weighted by Crippen LogP contribution is 2.25. The van der Waals surface area contributed by atoms with E-state index in [4.69, 9.17) is 4.42 Å². The fraction of sp³-hybridized carbons (Fsp3) is 0.273. The third-order valence-corrected chi connectivity index (χ3v) is 2.15. The predicted octanol–water partition coefficient (Wildman–Crippen LogP) is 2.06. The zero-order valence-electron chi connectivity index (χ0n) is 7.90. The quantitative estimate of drug-likeness (QED) is 0.765. The fourth-order valence-corrected chi connectivity index (χ4v) is 1.55. The van der Waals surface area contributed by atoms with Crippen molar-refractivity contribution in [3.63, 3.8) is 0 Å². The Kier molecular flexibility index (Phi) is 2.17. The minimum atomic E-state index is -0.385. The Balaban J connectivity index is 2.47. The molecule has 1 atom stereocenters. The molecule has 74 valence electrons. The lowest BCUT2D eigenvalue weighted by molar-refractivity contribution is 0.195. The maximum atomic E-state index is 9.25. The number of aromatic hydroxyl groups is 1. The standard InChI is InChI=1S/C11H12O3/c1-7(12)4-8-6-14-11-5-9(13)2-3-10(8)11/h2-3,5-7,12-13H,4H2,1H3. The van der Waals surface area contributed by atoms with Gasteiger partial charge in [0.1, 0.15) is 11.3 Å². The van der Waals surface area contributed by atoms with E-state index in [1.165, 1.54) is 0 Å². The van der Waals surface area contributed by atoms with Crippen LogP contribution in [0.25, 0.3) is 11.0 Å². The van der Waals surface area contributed by atoms with Gasteiger partial charge in [0, 0.05) is 23.4 Å². The molecule has 0 spiro atoms. The van der Waals surface area contributed by atoms with Crippen molar-refractivity contribution in [1.82, 2.24) is 0 Å². The number of hydrogen-bond donors (Lipinski definition) is 2. The molecule has 2 aromatic rings. The van der Waals surface area contributed by atoms with Crippen LogP contribution in [-0.4, -0.2) is 16.3 Å². The van der Waals surface area contributed by atoms with Crippen LogP contribution in [0.1, 0.15) is 12.5 Å². The Hall–Kier alpha value is -1.48. The molecule has 0 aliphatic carbocycles. The largest absolute Gasteiger partial charge is 0.508 e. The van der Waals surface area contributed by atoms with Gasteiger partial charge >= 0.3 is 0 Å². The lowest BCUT2D eigenvalue weighted by Gasteiger charge is -2.00. The van der Waals surface area contributed by atoms with Crippen molar-refractivity contribution in [3.8, 4) is 5.75 Å². The fourth-order valence-electron chi connectivity index (χ4n) is 1.55. The summed E-state index contributed by atoms with van der Waals surface area (Å²) >= 11 is 0. The van der Waals surface area contributed by atoms with Gasteiger partial charge in [0.2, 0.25) is 0 Å². The molecule has 1 heterocycles. The van der Waals surface area contributed by atoms with Crippen LogP contribution in [-0.2, 0) is 6.42 Å². The van der Waals surface area contributed by atoms with Crippen LogP contribution in [0.15, 0.2) is 28.9 Å². The first kappa shape index (κ1) is 9.09. The molecule has 2 N–H and O–H groups in total. The third-order valence-electron chi connectivity index (χ3n) is 2.15. The van der Waals surface area contributed by atoms with Gasteiger partial charge in [0.25, 0.3) is 0 Å². The molecule has 1 unspecified atom stereocenters. The van der Waals surface area contributed by atoms with Gasteiger partial charge in [-0.2, -0.15) is 0 Å². The van der Waals surface area contributed by atoms with E-state index in [0.717, 1.165) is 10.9 Å². The highest BCUT2D eigenvalue weighted by Gasteiger charge is 2.08. The topological polar surface area (TPSA) is 53.6 Å². The highest BCUT2D eigenvalue weighted by molar-refractivity contribution is 5.82. The predicted molar refractivity (Wildman–Crippen MR) is 53.3 cm³/mol. The van der Waals surface area contributed by atoms with Gasteiger partial charge in [-0.15, -0.1) is 0 Å². The molecular weight excluding hydrogens is 180 g/mol. The van der Waals surface area contributed by atoms with E-state index in [9.17, 15) is 10.2 Å². The van der Waals surface area contributed by atoms with Crippen LogP contribution in [0, 0.1) is 0 Å². The van der Waals surface area contributed by atoms with Crippen LogP contribution >= 0.6 is 0 Å². The molecule has 0 fully saturated rings. The van der Waals surface area contributed by atoms with Crippen LogP contribution in [0.3, 0.4) is 0 Å². The minimum Gasteiger partial charge on any atom is -0.508 e. The smallest absolute Gasteiger partial charge is 0.137 e. The van der Waals surface area contributed by atoms with Crippen molar-refractivity contribution in [2.24, 2.45) is 0 Å². The summed E-state index contributed by atoms with van der Waals surface area (Å²) in [4.78, 5) is 0. The summed E-state index contributed by atoms with van der Waals surface area (Å²) in [5.41, 5.74) is 1.62. The second kappa shape index (κ2) is 3.35. The molecule has 3 nitrogen and oxygen atoms in total. The Bertz CT molecular complexity index is 443. The molecule has 3 heteroatoms. The molecule has 0 bridgehead atoms.